The van der Waals surface area contributed by atoms with Crippen molar-refractivity contribution in [3.63, 3.8) is 0 Å². The highest BCUT2D eigenvalue weighted by Crippen LogP contribution is 2.22. The quantitative estimate of drug-likeness (QED) is 0.778. The predicted molar refractivity (Wildman–Crippen MR) is 85.6 cm³/mol. The molecule has 2 aromatic heterocycles. The summed E-state index contributed by atoms with van der Waals surface area (Å²) in [6.07, 6.45) is 5.20. The lowest BCUT2D eigenvalue weighted by Gasteiger charge is -2.36. The Kier molecular flexibility index (Phi) is 4.80. The summed E-state index contributed by atoms with van der Waals surface area (Å²) in [6.45, 7) is 3.19. The van der Waals surface area contributed by atoms with E-state index in [1.807, 2.05) is 20.2 Å². The van der Waals surface area contributed by atoms with Gasteiger partial charge in [0.15, 0.2) is 11.5 Å². The van der Waals surface area contributed by atoms with Gasteiger partial charge in [0.1, 0.15) is 0 Å². The van der Waals surface area contributed by atoms with Crippen molar-refractivity contribution in [2.45, 2.75) is 25.3 Å². The second-order valence-electron chi connectivity index (χ2n) is 6.03. The second kappa shape index (κ2) is 7.00. The maximum absolute atomic E-state index is 12.9. The minimum atomic E-state index is -0.307. The van der Waals surface area contributed by atoms with E-state index in [-0.39, 0.29) is 30.1 Å². The van der Waals surface area contributed by atoms with Crippen LogP contribution in [0.4, 0.5) is 0 Å². The Morgan fingerprint density at radius 1 is 1.46 bits per heavy atom. The van der Waals surface area contributed by atoms with Crippen LogP contribution in [0.25, 0.3) is 0 Å². The number of amides is 1. The first-order valence-electron chi connectivity index (χ1n) is 7.99. The van der Waals surface area contributed by atoms with E-state index in [1.54, 1.807) is 27.9 Å². The Morgan fingerprint density at radius 2 is 2.29 bits per heavy atom. The Balaban J connectivity index is 1.71. The van der Waals surface area contributed by atoms with Gasteiger partial charge in [0, 0.05) is 31.8 Å². The molecule has 128 valence electrons. The molecule has 0 spiro atoms. The summed E-state index contributed by atoms with van der Waals surface area (Å²) in [4.78, 5) is 26.9. The molecule has 1 saturated heterocycles. The zero-order valence-electron chi connectivity index (χ0n) is 13.8. The molecule has 1 aliphatic heterocycles. The summed E-state index contributed by atoms with van der Waals surface area (Å²) in [5.74, 6) is -0.128. The molecule has 7 heteroatoms. The maximum Gasteiger partial charge on any atom is 0.230 e. The van der Waals surface area contributed by atoms with Crippen molar-refractivity contribution in [3.8, 4) is 0 Å². The molecule has 0 radical (unpaired) electrons. The lowest BCUT2D eigenvalue weighted by molar-refractivity contribution is -0.141. The van der Waals surface area contributed by atoms with Gasteiger partial charge in [0.25, 0.3) is 0 Å². The predicted octanol–water partition coefficient (Wildman–Crippen LogP) is 1.62. The van der Waals surface area contributed by atoms with Gasteiger partial charge >= 0.3 is 0 Å². The largest absolute Gasteiger partial charge is 0.461 e. The van der Waals surface area contributed by atoms with Gasteiger partial charge in [0.2, 0.25) is 5.91 Å². The number of rotatable bonds is 5. The number of aryl methyl sites for hydroxylation is 1. The number of hydrogen-bond donors (Lipinski definition) is 0. The Morgan fingerprint density at radius 3 is 2.96 bits per heavy atom. The van der Waals surface area contributed by atoms with Crippen molar-refractivity contribution in [2.24, 2.45) is 7.05 Å². The molecule has 0 aliphatic carbocycles. The third-order valence-corrected chi connectivity index (χ3v) is 4.32. The Labute approximate surface area is 140 Å². The maximum atomic E-state index is 12.9. The van der Waals surface area contributed by atoms with Crippen molar-refractivity contribution in [1.82, 2.24) is 14.7 Å². The minimum absolute atomic E-state index is 0.0106. The van der Waals surface area contributed by atoms with E-state index in [0.29, 0.717) is 25.5 Å². The van der Waals surface area contributed by atoms with Gasteiger partial charge in [0.05, 0.1) is 37.6 Å². The lowest BCUT2D eigenvalue weighted by Crippen LogP contribution is -2.50. The zero-order chi connectivity index (χ0) is 17.1. The molecule has 2 aromatic rings. The van der Waals surface area contributed by atoms with Crippen LogP contribution >= 0.6 is 0 Å². The Hall–Kier alpha value is -2.41. The molecule has 0 saturated carbocycles. The van der Waals surface area contributed by atoms with Crippen LogP contribution in [-0.2, 0) is 16.6 Å². The molecule has 1 aliphatic rings. The first kappa shape index (κ1) is 16.4. The fourth-order valence-corrected chi connectivity index (χ4v) is 2.92. The summed E-state index contributed by atoms with van der Waals surface area (Å²) >= 11 is 0. The van der Waals surface area contributed by atoms with Crippen molar-refractivity contribution < 1.29 is 18.7 Å². The highest BCUT2D eigenvalue weighted by molar-refractivity contribution is 5.94. The average molecular weight is 331 g/mol. The number of carbonyl (C=O) groups is 2. The van der Waals surface area contributed by atoms with Gasteiger partial charge in [-0.05, 0) is 19.1 Å². The number of morpholine rings is 1. The third-order valence-electron chi connectivity index (χ3n) is 4.32. The first-order valence-corrected chi connectivity index (χ1v) is 7.99. The second-order valence-corrected chi connectivity index (χ2v) is 6.03. The van der Waals surface area contributed by atoms with Gasteiger partial charge < -0.3 is 14.1 Å². The van der Waals surface area contributed by atoms with Crippen LogP contribution in [0.1, 0.15) is 35.4 Å². The van der Waals surface area contributed by atoms with E-state index >= 15 is 0 Å². The van der Waals surface area contributed by atoms with Crippen LogP contribution in [-0.4, -0.2) is 52.2 Å². The molecular weight excluding hydrogens is 310 g/mol. The van der Waals surface area contributed by atoms with E-state index in [4.69, 9.17) is 9.15 Å². The summed E-state index contributed by atoms with van der Waals surface area (Å²) in [5.41, 5.74) is 0.866. The van der Waals surface area contributed by atoms with Crippen molar-refractivity contribution in [2.75, 3.05) is 19.8 Å². The normalized spacial score (nSPS) is 19.2. The van der Waals surface area contributed by atoms with Gasteiger partial charge in [-0.3, -0.25) is 14.3 Å². The molecule has 0 unspecified atom stereocenters. The van der Waals surface area contributed by atoms with Crippen LogP contribution < -0.4 is 0 Å². The number of ether oxygens (including phenoxy) is 1. The fourth-order valence-electron chi connectivity index (χ4n) is 2.92. The third kappa shape index (κ3) is 3.41. The zero-order valence-corrected chi connectivity index (χ0v) is 13.8. The van der Waals surface area contributed by atoms with E-state index in [2.05, 4.69) is 5.10 Å². The molecule has 7 nitrogen and oxygen atoms in total. The molecule has 0 bridgehead atoms. The molecule has 1 fully saturated rings. The SMILES string of the molecule is C[C@H](C(=O)N1CCOC[C@H]1CC(=O)c1ccco1)c1cnn(C)c1. The van der Waals surface area contributed by atoms with Gasteiger partial charge in [-0.2, -0.15) is 5.10 Å². The summed E-state index contributed by atoms with van der Waals surface area (Å²) in [5, 5.41) is 4.12. The van der Waals surface area contributed by atoms with Gasteiger partial charge in [-0.25, -0.2) is 0 Å². The molecule has 0 N–H and O–H groups in total. The monoisotopic (exact) mass is 331 g/mol. The molecule has 3 heterocycles. The molecular formula is C17H21N3O4. The van der Waals surface area contributed by atoms with Crippen molar-refractivity contribution >= 4 is 11.7 Å². The topological polar surface area (TPSA) is 77.6 Å². The standard InChI is InChI=1S/C17H21N3O4/c1-12(13-9-18-19(2)10-13)17(22)20-5-7-23-11-14(20)8-15(21)16-4-3-6-24-16/h3-4,6,9-10,12,14H,5,7-8,11H2,1-2H3/t12-,14+/m0/s1. The molecule has 3 rings (SSSR count). The van der Waals surface area contributed by atoms with E-state index in [0.717, 1.165) is 5.56 Å². The minimum Gasteiger partial charge on any atom is -0.461 e. The number of carbonyl (C=O) groups excluding carboxylic acids is 2. The average Bonchev–Trinajstić information content (AvgIpc) is 3.25. The first-order chi connectivity index (χ1) is 11.6. The van der Waals surface area contributed by atoms with Gasteiger partial charge in [-0.15, -0.1) is 0 Å². The number of ketones is 1. The van der Waals surface area contributed by atoms with Crippen molar-refractivity contribution in [3.05, 3.63) is 42.1 Å². The van der Waals surface area contributed by atoms with Crippen LogP contribution in [0.2, 0.25) is 0 Å². The van der Waals surface area contributed by atoms with E-state index < -0.39 is 0 Å². The van der Waals surface area contributed by atoms with E-state index in [9.17, 15) is 9.59 Å². The van der Waals surface area contributed by atoms with Crippen LogP contribution in [0.15, 0.2) is 35.2 Å². The summed E-state index contributed by atoms with van der Waals surface area (Å²) in [6, 6.07) is 3.04. The van der Waals surface area contributed by atoms with Crippen molar-refractivity contribution in [1.29, 1.82) is 0 Å². The highest BCUT2D eigenvalue weighted by atomic mass is 16.5. The van der Waals surface area contributed by atoms with Crippen LogP contribution in [0.5, 0.6) is 0 Å². The number of aromatic nitrogens is 2. The Bertz CT molecular complexity index is 707. The van der Waals surface area contributed by atoms with Gasteiger partial charge in [-0.1, -0.05) is 0 Å². The summed E-state index contributed by atoms with van der Waals surface area (Å²) in [7, 11) is 1.82. The van der Waals surface area contributed by atoms with Crippen LogP contribution in [0, 0.1) is 0 Å². The van der Waals surface area contributed by atoms with E-state index in [1.165, 1.54) is 6.26 Å². The highest BCUT2D eigenvalue weighted by Gasteiger charge is 2.33. The smallest absolute Gasteiger partial charge is 0.230 e. The van der Waals surface area contributed by atoms with Crippen LogP contribution in [0.3, 0.4) is 0 Å². The number of hydrogen-bond acceptors (Lipinski definition) is 5. The molecule has 1 amide bonds. The molecule has 2 atom stereocenters. The number of furan rings is 1. The fraction of sp³-hybridized carbons (Fsp3) is 0.471. The number of Topliss-reactive ketones (excluding diaryl/α,β-unsaturated/α-hetero) is 1. The molecule has 24 heavy (non-hydrogen) atoms. The molecule has 0 aromatic carbocycles. The number of nitrogens with zero attached hydrogens (tertiary/aromatic N) is 3. The lowest BCUT2D eigenvalue weighted by atomic mass is 10.00. The summed E-state index contributed by atoms with van der Waals surface area (Å²) < 4.78 is 12.3.